The lowest BCUT2D eigenvalue weighted by Gasteiger charge is -2.28. The van der Waals surface area contributed by atoms with Crippen LogP contribution in [0.25, 0.3) is 0 Å². The number of nitrogens with one attached hydrogen (secondary N) is 1. The van der Waals surface area contributed by atoms with Crippen molar-refractivity contribution in [3.63, 3.8) is 0 Å². The van der Waals surface area contributed by atoms with Crippen molar-refractivity contribution in [1.29, 1.82) is 5.53 Å². The Kier molecular flexibility index (Phi) is 3.16. The third kappa shape index (κ3) is 2.27. The van der Waals surface area contributed by atoms with E-state index in [-0.39, 0.29) is 5.92 Å². The van der Waals surface area contributed by atoms with Crippen LogP contribution in [0, 0.1) is 11.4 Å². The molecule has 1 rings (SSSR count). The van der Waals surface area contributed by atoms with E-state index in [1.54, 1.807) is 0 Å². The first kappa shape index (κ1) is 9.12. The summed E-state index contributed by atoms with van der Waals surface area (Å²) < 4.78 is 0. The highest BCUT2D eigenvalue weighted by atomic mass is 15.3. The number of rotatable bonds is 2. The fourth-order valence-electron chi connectivity index (χ4n) is 1.55. The van der Waals surface area contributed by atoms with E-state index in [9.17, 15) is 0 Å². The van der Waals surface area contributed by atoms with Gasteiger partial charge in [-0.15, -0.1) is 5.10 Å². The molecule has 0 aliphatic carbocycles. The maximum Gasteiger partial charge on any atom is 0.128 e. The fraction of sp³-hybridized carbons (Fsp3) is 0.857. The van der Waals surface area contributed by atoms with Crippen LogP contribution >= 0.6 is 0 Å². The molecule has 0 radical (unpaired) electrons. The monoisotopic (exact) mass is 169 g/mol. The molecule has 1 atom stereocenters. The summed E-state index contributed by atoms with van der Waals surface area (Å²) in [4.78, 5) is 2.22. The summed E-state index contributed by atoms with van der Waals surface area (Å²) in [7, 11) is 2.07. The van der Waals surface area contributed by atoms with E-state index in [1.807, 2.05) is 0 Å². The molecule has 0 bridgehead atoms. The summed E-state index contributed by atoms with van der Waals surface area (Å²) in [5.41, 5.74) is 12.2. The Balaban J connectivity index is 2.50. The van der Waals surface area contributed by atoms with E-state index in [0.29, 0.717) is 5.84 Å². The van der Waals surface area contributed by atoms with Gasteiger partial charge >= 0.3 is 0 Å². The maximum atomic E-state index is 6.55. The summed E-state index contributed by atoms with van der Waals surface area (Å²) in [5.74, 6) is 0.786. The number of nitrogens with zero attached hydrogens (tertiary/aromatic N) is 3. The molecule has 0 unspecified atom stereocenters. The van der Waals surface area contributed by atoms with Crippen molar-refractivity contribution in [2.75, 3.05) is 20.1 Å². The zero-order chi connectivity index (χ0) is 8.97. The Labute approximate surface area is 72.1 Å². The van der Waals surface area contributed by atoms with Gasteiger partial charge in [0.05, 0.1) is 0 Å². The minimum absolute atomic E-state index is 0.290. The molecular weight excluding hydrogens is 154 g/mol. The third-order valence-electron chi connectivity index (χ3n) is 2.21. The summed E-state index contributed by atoms with van der Waals surface area (Å²) in [5, 5.41) is 6.47. The standard InChI is InChI=1S/C7H15N5/c1-12-4-2-3-6(5-12)7(8)10-11-9/h6H,2-5H2,1H3,(H3,8,9,10)/t6-/m0/s1. The predicted octanol–water partition coefficient (Wildman–Crippen LogP) is 0.631. The minimum atomic E-state index is 0.290. The quantitative estimate of drug-likeness (QED) is 0.275. The van der Waals surface area contributed by atoms with Crippen molar-refractivity contribution in [3.05, 3.63) is 0 Å². The molecule has 12 heavy (non-hydrogen) atoms. The molecule has 3 N–H and O–H groups in total. The Hall–Kier alpha value is -0.970. The van der Waals surface area contributed by atoms with Gasteiger partial charge in [0.2, 0.25) is 0 Å². The van der Waals surface area contributed by atoms with E-state index in [0.717, 1.165) is 25.9 Å². The number of likely N-dealkylation sites (tertiary alicyclic amines) is 1. The Morgan fingerprint density at radius 1 is 1.67 bits per heavy atom. The molecule has 5 nitrogen and oxygen atoms in total. The summed E-state index contributed by atoms with van der Waals surface area (Å²) in [6, 6.07) is 0. The van der Waals surface area contributed by atoms with E-state index in [2.05, 4.69) is 22.3 Å². The predicted molar refractivity (Wildman–Crippen MR) is 47.0 cm³/mol. The van der Waals surface area contributed by atoms with Crippen molar-refractivity contribution in [2.45, 2.75) is 12.8 Å². The maximum absolute atomic E-state index is 6.55. The second-order valence-electron chi connectivity index (χ2n) is 3.23. The van der Waals surface area contributed by atoms with Gasteiger partial charge in [-0.1, -0.05) is 5.22 Å². The van der Waals surface area contributed by atoms with Gasteiger partial charge in [0.15, 0.2) is 0 Å². The number of piperidine rings is 1. The van der Waals surface area contributed by atoms with Gasteiger partial charge in [0.1, 0.15) is 5.84 Å². The van der Waals surface area contributed by atoms with E-state index in [1.165, 1.54) is 0 Å². The van der Waals surface area contributed by atoms with E-state index in [4.69, 9.17) is 11.3 Å². The van der Waals surface area contributed by atoms with Crippen LogP contribution in [0.3, 0.4) is 0 Å². The van der Waals surface area contributed by atoms with Crippen LogP contribution in [0.4, 0.5) is 0 Å². The highest BCUT2D eigenvalue weighted by molar-refractivity contribution is 5.82. The zero-order valence-electron chi connectivity index (χ0n) is 7.32. The van der Waals surface area contributed by atoms with Gasteiger partial charge in [0.25, 0.3) is 0 Å². The Bertz CT molecular complexity index is 188. The lowest BCUT2D eigenvalue weighted by Crippen LogP contribution is -2.38. The molecule has 0 aromatic carbocycles. The van der Waals surface area contributed by atoms with Crippen LogP contribution in [0.5, 0.6) is 0 Å². The summed E-state index contributed by atoms with van der Waals surface area (Å²) in [6.07, 6.45) is 2.21. The molecule has 5 heteroatoms. The average Bonchev–Trinajstić information content (AvgIpc) is 2.05. The SMILES string of the molecule is CN1CCC[C@H](C(N)=NN=N)C1. The first-order valence-corrected chi connectivity index (χ1v) is 4.12. The third-order valence-corrected chi connectivity index (χ3v) is 2.21. The Morgan fingerprint density at radius 2 is 2.42 bits per heavy atom. The van der Waals surface area contributed by atoms with E-state index < -0.39 is 0 Å². The molecule has 68 valence electrons. The molecule has 1 aliphatic heterocycles. The van der Waals surface area contributed by atoms with Crippen LogP contribution in [0.2, 0.25) is 0 Å². The number of nitrogens with two attached hydrogens (primary N) is 1. The molecule has 1 saturated heterocycles. The minimum Gasteiger partial charge on any atom is -0.385 e. The molecule has 0 aromatic heterocycles. The molecule has 0 saturated carbocycles. The van der Waals surface area contributed by atoms with Crippen LogP contribution < -0.4 is 5.73 Å². The molecule has 1 heterocycles. The topological polar surface area (TPSA) is 77.8 Å². The smallest absolute Gasteiger partial charge is 0.128 e. The van der Waals surface area contributed by atoms with Crippen molar-refractivity contribution < 1.29 is 0 Å². The van der Waals surface area contributed by atoms with Crippen LogP contribution in [0.1, 0.15) is 12.8 Å². The van der Waals surface area contributed by atoms with Crippen molar-refractivity contribution in [3.8, 4) is 0 Å². The largest absolute Gasteiger partial charge is 0.385 e. The first-order chi connectivity index (χ1) is 5.74. The zero-order valence-corrected chi connectivity index (χ0v) is 7.32. The second kappa shape index (κ2) is 4.15. The average molecular weight is 169 g/mol. The summed E-state index contributed by atoms with van der Waals surface area (Å²) >= 11 is 0. The number of hydrogen-bond donors (Lipinski definition) is 2. The molecule has 1 fully saturated rings. The van der Waals surface area contributed by atoms with Crippen LogP contribution in [-0.2, 0) is 0 Å². The molecule has 0 amide bonds. The van der Waals surface area contributed by atoms with Gasteiger partial charge in [-0.25, -0.2) is 0 Å². The molecular formula is C7H15N5. The highest BCUT2D eigenvalue weighted by Crippen LogP contribution is 2.14. The molecule has 1 aliphatic rings. The molecule has 0 aromatic rings. The van der Waals surface area contributed by atoms with E-state index >= 15 is 0 Å². The summed E-state index contributed by atoms with van der Waals surface area (Å²) in [6.45, 7) is 2.06. The van der Waals surface area contributed by atoms with Gasteiger partial charge in [-0.3, -0.25) is 0 Å². The van der Waals surface area contributed by atoms with Gasteiger partial charge in [-0.05, 0) is 26.4 Å². The number of hydrogen-bond acceptors (Lipinski definition) is 3. The van der Waals surface area contributed by atoms with Gasteiger partial charge < -0.3 is 10.6 Å². The highest BCUT2D eigenvalue weighted by Gasteiger charge is 2.20. The molecule has 0 spiro atoms. The van der Waals surface area contributed by atoms with Crippen molar-refractivity contribution in [2.24, 2.45) is 22.0 Å². The van der Waals surface area contributed by atoms with Crippen molar-refractivity contribution in [1.82, 2.24) is 4.90 Å². The second-order valence-corrected chi connectivity index (χ2v) is 3.23. The normalized spacial score (nSPS) is 27.1. The number of amidine groups is 1. The lowest BCUT2D eigenvalue weighted by molar-refractivity contribution is 0.246. The van der Waals surface area contributed by atoms with Crippen LogP contribution in [-0.4, -0.2) is 30.9 Å². The lowest BCUT2D eigenvalue weighted by atomic mass is 9.98. The fourth-order valence-corrected chi connectivity index (χ4v) is 1.55. The van der Waals surface area contributed by atoms with Crippen molar-refractivity contribution >= 4 is 5.84 Å². The van der Waals surface area contributed by atoms with Crippen LogP contribution in [0.15, 0.2) is 10.3 Å². The van der Waals surface area contributed by atoms with Gasteiger partial charge in [0, 0.05) is 12.5 Å². The first-order valence-electron chi connectivity index (χ1n) is 4.12. The van der Waals surface area contributed by atoms with Gasteiger partial charge in [-0.2, -0.15) is 5.53 Å². The Morgan fingerprint density at radius 3 is 3.00 bits per heavy atom.